The van der Waals surface area contributed by atoms with Crippen LogP contribution < -0.4 is 10.6 Å². The largest absolute Gasteiger partial charge is 0.383 e. The number of aromatic nitrogens is 2. The molecule has 0 aromatic carbocycles. The van der Waals surface area contributed by atoms with Crippen molar-refractivity contribution in [2.24, 2.45) is 5.92 Å². The predicted molar refractivity (Wildman–Crippen MR) is 72.0 cm³/mol. The van der Waals surface area contributed by atoms with Gasteiger partial charge in [0.1, 0.15) is 6.33 Å². The van der Waals surface area contributed by atoms with E-state index in [2.05, 4.69) is 9.97 Å². The van der Waals surface area contributed by atoms with E-state index in [1.165, 1.54) is 6.33 Å². The highest BCUT2D eigenvalue weighted by Crippen LogP contribution is 2.29. The maximum absolute atomic E-state index is 11.1. The van der Waals surface area contributed by atoms with Gasteiger partial charge in [-0.15, -0.1) is 0 Å². The van der Waals surface area contributed by atoms with E-state index in [0.29, 0.717) is 25.6 Å². The molecule has 0 aliphatic rings. The number of hydrogen-bond acceptors (Lipinski definition) is 7. The van der Waals surface area contributed by atoms with Crippen molar-refractivity contribution < 1.29 is 9.66 Å². The van der Waals surface area contributed by atoms with Crippen LogP contribution in [0, 0.1) is 16.0 Å². The second-order valence-corrected chi connectivity index (χ2v) is 4.52. The summed E-state index contributed by atoms with van der Waals surface area (Å²) in [6, 6.07) is 0. The highest BCUT2D eigenvalue weighted by atomic mass is 16.6. The summed E-state index contributed by atoms with van der Waals surface area (Å²) >= 11 is 0. The normalized spacial score (nSPS) is 10.7. The van der Waals surface area contributed by atoms with E-state index in [4.69, 9.17) is 10.5 Å². The topological polar surface area (TPSA) is 107 Å². The quantitative estimate of drug-likeness (QED) is 0.582. The smallest absolute Gasteiger partial charge is 0.353 e. The Morgan fingerprint density at radius 1 is 1.53 bits per heavy atom. The average Bonchev–Trinajstić information content (AvgIpc) is 2.33. The number of nitrogens with zero attached hydrogens (tertiary/aromatic N) is 4. The van der Waals surface area contributed by atoms with Crippen LogP contribution in [-0.4, -0.2) is 41.7 Å². The van der Waals surface area contributed by atoms with Crippen LogP contribution >= 0.6 is 0 Å². The molecular formula is C11H19N5O3. The third kappa shape index (κ3) is 4.02. The lowest BCUT2D eigenvalue weighted by Gasteiger charge is -2.24. The summed E-state index contributed by atoms with van der Waals surface area (Å²) in [5.74, 6) is 0.442. The summed E-state index contributed by atoms with van der Waals surface area (Å²) in [5, 5.41) is 11.1. The molecule has 1 rings (SSSR count). The minimum atomic E-state index is -0.551. The maximum atomic E-state index is 11.1. The molecule has 0 bridgehead atoms. The first-order valence-corrected chi connectivity index (χ1v) is 5.96. The SMILES string of the molecule is COCCN(CC(C)C)c1ncnc(N)c1[N+](=O)[O-]. The zero-order chi connectivity index (χ0) is 14.4. The van der Waals surface area contributed by atoms with Gasteiger partial charge in [0.2, 0.25) is 11.6 Å². The molecule has 0 saturated carbocycles. The van der Waals surface area contributed by atoms with Gasteiger partial charge in [-0.05, 0) is 5.92 Å². The fourth-order valence-corrected chi connectivity index (χ4v) is 1.72. The minimum absolute atomic E-state index is 0.124. The molecule has 106 valence electrons. The number of methoxy groups -OCH3 is 1. The number of nitro groups is 1. The third-order valence-corrected chi connectivity index (χ3v) is 2.46. The monoisotopic (exact) mass is 269 g/mol. The Hall–Kier alpha value is -1.96. The molecule has 2 N–H and O–H groups in total. The van der Waals surface area contributed by atoms with Gasteiger partial charge in [0.05, 0.1) is 11.5 Å². The molecule has 1 aromatic rings. The molecule has 1 heterocycles. The Labute approximate surface area is 111 Å². The molecule has 0 spiro atoms. The van der Waals surface area contributed by atoms with E-state index in [9.17, 15) is 10.1 Å². The summed E-state index contributed by atoms with van der Waals surface area (Å²) < 4.78 is 5.02. The molecule has 0 unspecified atom stereocenters. The van der Waals surface area contributed by atoms with E-state index < -0.39 is 4.92 Å². The number of ether oxygens (including phenoxy) is 1. The second-order valence-electron chi connectivity index (χ2n) is 4.52. The molecule has 8 nitrogen and oxygen atoms in total. The number of nitrogen functional groups attached to an aromatic ring is 1. The predicted octanol–water partition coefficient (Wildman–Crippen LogP) is 1.08. The zero-order valence-electron chi connectivity index (χ0n) is 11.4. The lowest BCUT2D eigenvalue weighted by molar-refractivity contribution is -0.383. The van der Waals surface area contributed by atoms with Crippen LogP contribution in [0.25, 0.3) is 0 Å². The van der Waals surface area contributed by atoms with E-state index in [1.807, 2.05) is 13.8 Å². The molecule has 0 radical (unpaired) electrons. The van der Waals surface area contributed by atoms with Gasteiger partial charge in [0.25, 0.3) is 0 Å². The van der Waals surface area contributed by atoms with Crippen LogP contribution in [-0.2, 0) is 4.74 Å². The van der Waals surface area contributed by atoms with Gasteiger partial charge in [-0.3, -0.25) is 10.1 Å². The summed E-state index contributed by atoms with van der Waals surface area (Å²) in [6.07, 6.45) is 1.23. The van der Waals surface area contributed by atoms with Crippen LogP contribution in [0.4, 0.5) is 17.3 Å². The Morgan fingerprint density at radius 3 is 2.74 bits per heavy atom. The van der Waals surface area contributed by atoms with Crippen LogP contribution in [0.3, 0.4) is 0 Å². The van der Waals surface area contributed by atoms with Crippen LogP contribution in [0.2, 0.25) is 0 Å². The lowest BCUT2D eigenvalue weighted by atomic mass is 10.2. The molecular weight excluding hydrogens is 250 g/mol. The molecule has 8 heteroatoms. The molecule has 0 saturated heterocycles. The van der Waals surface area contributed by atoms with Crippen molar-refractivity contribution in [2.75, 3.05) is 37.4 Å². The summed E-state index contributed by atoms with van der Waals surface area (Å²) in [6.45, 7) is 5.63. The fourth-order valence-electron chi connectivity index (χ4n) is 1.72. The van der Waals surface area contributed by atoms with Gasteiger partial charge in [0, 0.05) is 20.2 Å². The van der Waals surface area contributed by atoms with Crippen molar-refractivity contribution in [3.05, 3.63) is 16.4 Å². The van der Waals surface area contributed by atoms with Crippen molar-refractivity contribution in [3.8, 4) is 0 Å². The first kappa shape index (κ1) is 15.1. The highest BCUT2D eigenvalue weighted by Gasteiger charge is 2.25. The van der Waals surface area contributed by atoms with Gasteiger partial charge in [-0.1, -0.05) is 13.8 Å². The van der Waals surface area contributed by atoms with E-state index >= 15 is 0 Å². The molecule has 0 aliphatic heterocycles. The lowest BCUT2D eigenvalue weighted by Crippen LogP contribution is -2.32. The summed E-state index contributed by atoms with van der Waals surface area (Å²) in [7, 11) is 1.58. The van der Waals surface area contributed by atoms with Gasteiger partial charge >= 0.3 is 5.69 Å². The molecule has 0 aliphatic carbocycles. The van der Waals surface area contributed by atoms with Gasteiger partial charge in [0.15, 0.2) is 0 Å². The van der Waals surface area contributed by atoms with Gasteiger partial charge in [-0.2, -0.15) is 0 Å². The van der Waals surface area contributed by atoms with E-state index in [1.54, 1.807) is 12.0 Å². The van der Waals surface area contributed by atoms with Crippen LogP contribution in [0.1, 0.15) is 13.8 Å². The van der Waals surface area contributed by atoms with Crippen molar-refractivity contribution in [2.45, 2.75) is 13.8 Å². The van der Waals surface area contributed by atoms with Crippen LogP contribution in [0.15, 0.2) is 6.33 Å². The molecule has 1 aromatic heterocycles. The molecule has 0 fully saturated rings. The number of hydrogen-bond donors (Lipinski definition) is 1. The number of anilines is 2. The fraction of sp³-hybridized carbons (Fsp3) is 0.636. The molecule has 19 heavy (non-hydrogen) atoms. The summed E-state index contributed by atoms with van der Waals surface area (Å²) in [5.41, 5.74) is 5.32. The number of nitrogens with two attached hydrogens (primary N) is 1. The Kier molecular flexibility index (Phi) is 5.43. The molecule has 0 atom stereocenters. The van der Waals surface area contributed by atoms with Crippen LogP contribution in [0.5, 0.6) is 0 Å². The first-order chi connectivity index (χ1) is 8.97. The van der Waals surface area contributed by atoms with Crippen molar-refractivity contribution in [1.29, 1.82) is 0 Å². The minimum Gasteiger partial charge on any atom is -0.383 e. The van der Waals surface area contributed by atoms with E-state index in [-0.39, 0.29) is 17.3 Å². The zero-order valence-corrected chi connectivity index (χ0v) is 11.4. The first-order valence-electron chi connectivity index (χ1n) is 5.96. The Morgan fingerprint density at radius 2 is 2.21 bits per heavy atom. The van der Waals surface area contributed by atoms with Crippen molar-refractivity contribution in [1.82, 2.24) is 9.97 Å². The van der Waals surface area contributed by atoms with Gasteiger partial charge in [-0.25, -0.2) is 9.97 Å². The third-order valence-electron chi connectivity index (χ3n) is 2.46. The van der Waals surface area contributed by atoms with Crippen molar-refractivity contribution in [3.63, 3.8) is 0 Å². The Bertz CT molecular complexity index is 438. The van der Waals surface area contributed by atoms with Crippen molar-refractivity contribution >= 4 is 17.3 Å². The van der Waals surface area contributed by atoms with E-state index in [0.717, 1.165) is 0 Å². The second kappa shape index (κ2) is 6.83. The molecule has 0 amide bonds. The Balaban J connectivity index is 3.13. The highest BCUT2D eigenvalue weighted by molar-refractivity contribution is 5.68. The van der Waals surface area contributed by atoms with Gasteiger partial charge < -0.3 is 15.4 Å². The number of rotatable bonds is 7. The summed E-state index contributed by atoms with van der Waals surface area (Å²) in [4.78, 5) is 20.0. The maximum Gasteiger partial charge on any atom is 0.353 e. The average molecular weight is 269 g/mol. The standard InChI is InChI=1S/C11H19N5O3/c1-8(2)6-15(4-5-19-3)11-9(16(17)18)10(12)13-7-14-11/h7-8H,4-6H2,1-3H3,(H2,12,13,14).